The average Bonchev–Trinajstić information content (AvgIpc) is 2.81. The number of hydrogen-bond acceptors (Lipinski definition) is 5. The molecule has 6 heteroatoms. The molecule has 1 heterocycles. The number of nitrogens with zero attached hydrogens (tertiary/aromatic N) is 1. The van der Waals surface area contributed by atoms with Crippen LogP contribution in [0.2, 0.25) is 0 Å². The molecule has 0 radical (unpaired) electrons. The van der Waals surface area contributed by atoms with E-state index in [-0.39, 0.29) is 5.56 Å². The molecule has 4 nitrogen and oxygen atoms in total. The maximum atomic E-state index is 14.2. The van der Waals surface area contributed by atoms with Gasteiger partial charge in [-0.05, 0) is 41.5 Å². The monoisotopic (exact) mass is 364 g/mol. The van der Waals surface area contributed by atoms with Crippen molar-refractivity contribution in [3.05, 3.63) is 58.9 Å². The van der Waals surface area contributed by atoms with Crippen molar-refractivity contribution in [1.82, 2.24) is 4.90 Å². The molecule has 1 aliphatic heterocycles. The number of carbonyl (C=O) groups is 1. The molecule has 0 bridgehead atoms. The molecule has 3 rings (SSSR count). The van der Waals surface area contributed by atoms with E-state index in [9.17, 15) is 9.18 Å². The van der Waals surface area contributed by atoms with Crippen molar-refractivity contribution in [3.63, 3.8) is 0 Å². The van der Waals surface area contributed by atoms with Crippen LogP contribution in [0.1, 0.15) is 25.6 Å². The lowest BCUT2D eigenvalue weighted by Gasteiger charge is -2.20. The predicted molar refractivity (Wildman–Crippen MR) is 95.6 cm³/mol. The fourth-order valence-corrected chi connectivity index (χ4v) is 3.86. The van der Waals surface area contributed by atoms with Crippen LogP contribution in [0.3, 0.4) is 0 Å². The van der Waals surface area contributed by atoms with Crippen LogP contribution in [0.25, 0.3) is 0 Å². The number of thioether (sulfide) groups is 1. The zero-order valence-electron chi connectivity index (χ0n) is 16.8. The van der Waals surface area contributed by atoms with E-state index in [1.165, 1.54) is 19.2 Å². The van der Waals surface area contributed by atoms with Crippen LogP contribution in [-0.4, -0.2) is 37.3 Å². The fourth-order valence-electron chi connectivity index (χ4n) is 2.81. The van der Waals surface area contributed by atoms with Crippen LogP contribution in [0.5, 0.6) is 5.75 Å². The molecule has 0 N–H and O–H groups in total. The van der Waals surface area contributed by atoms with Crippen molar-refractivity contribution in [2.75, 3.05) is 26.4 Å². The molecule has 0 fully saturated rings. The molecule has 2 aromatic carbocycles. The highest BCUT2D eigenvalue weighted by Crippen LogP contribution is 2.31. The van der Waals surface area contributed by atoms with Gasteiger partial charge in [0.2, 0.25) is 0 Å². The molecule has 25 heavy (non-hydrogen) atoms. The Kier molecular flexibility index (Phi) is 4.47. The van der Waals surface area contributed by atoms with Gasteiger partial charge in [-0.3, -0.25) is 4.90 Å². The number of halogens is 1. The highest BCUT2D eigenvalue weighted by molar-refractivity contribution is 7.99. The number of fused-ring (bicyclic) bond motifs is 1. The minimum atomic E-state index is -2.50. The van der Waals surface area contributed by atoms with E-state index >= 15 is 0 Å². The molecule has 0 spiro atoms. The van der Waals surface area contributed by atoms with Crippen LogP contribution in [0.15, 0.2) is 41.3 Å². The maximum Gasteiger partial charge on any atom is 0.340 e. The summed E-state index contributed by atoms with van der Waals surface area (Å²) in [5, 5.41) is 0. The average molecular weight is 364 g/mol. The van der Waals surface area contributed by atoms with E-state index in [0.29, 0.717) is 18.8 Å². The second kappa shape index (κ2) is 7.89. The van der Waals surface area contributed by atoms with Gasteiger partial charge in [0.15, 0.2) is 0 Å². The maximum absolute atomic E-state index is 14.2. The molecule has 0 saturated carbocycles. The van der Waals surface area contributed by atoms with Gasteiger partial charge in [0.05, 0.1) is 23.8 Å². The smallest absolute Gasteiger partial charge is 0.340 e. The summed E-state index contributed by atoms with van der Waals surface area (Å²) < 4.78 is 45.5. The highest BCUT2D eigenvalue weighted by atomic mass is 32.2. The lowest BCUT2D eigenvalue weighted by Crippen LogP contribution is -2.24. The molecule has 0 amide bonds. The molecule has 0 aliphatic carbocycles. The Labute approximate surface area is 155 Å². The summed E-state index contributed by atoms with van der Waals surface area (Å²) in [7, 11) is -1.28. The quantitative estimate of drug-likeness (QED) is 0.773. The summed E-state index contributed by atoms with van der Waals surface area (Å²) in [4.78, 5) is 14.7. The van der Waals surface area contributed by atoms with Gasteiger partial charge in [0.25, 0.3) is 0 Å². The lowest BCUT2D eigenvalue weighted by atomic mass is 10.1. The standard InChI is InChI=1S/C19H20FNO3S/c1-23-15-4-6-18-14(10-15)12-21(7-8-25-18)11-13-3-5-16(17(20)9-13)19(22)24-2/h3-6,9-10H,7-8,11-12H2,1-2H3/i1D3. The van der Waals surface area contributed by atoms with E-state index in [1.807, 2.05) is 6.07 Å². The minimum Gasteiger partial charge on any atom is -0.497 e. The van der Waals surface area contributed by atoms with Gasteiger partial charge in [0.1, 0.15) is 11.6 Å². The van der Waals surface area contributed by atoms with E-state index in [2.05, 4.69) is 9.64 Å². The van der Waals surface area contributed by atoms with Crippen molar-refractivity contribution >= 4 is 17.7 Å². The minimum absolute atomic E-state index is 0.0885. The number of benzene rings is 2. The summed E-state index contributed by atoms with van der Waals surface area (Å²) >= 11 is 1.69. The van der Waals surface area contributed by atoms with E-state index in [1.54, 1.807) is 30.0 Å². The number of rotatable bonds is 4. The van der Waals surface area contributed by atoms with Crippen LogP contribution >= 0.6 is 11.8 Å². The van der Waals surface area contributed by atoms with Crippen molar-refractivity contribution in [2.24, 2.45) is 0 Å². The SMILES string of the molecule is [2H]C([2H])([2H])Oc1ccc2c(c1)CN(Cc1ccc(C(=O)OC)c(F)c1)CCS2. The Balaban J connectivity index is 1.75. The molecule has 0 saturated heterocycles. The summed E-state index contributed by atoms with van der Waals surface area (Å²) in [5.74, 6) is -0.155. The first kappa shape index (κ1) is 14.2. The summed E-state index contributed by atoms with van der Waals surface area (Å²) in [6.07, 6.45) is 0. The number of methoxy groups -OCH3 is 2. The highest BCUT2D eigenvalue weighted by Gasteiger charge is 2.17. The molecule has 2 aromatic rings. The topological polar surface area (TPSA) is 38.8 Å². The largest absolute Gasteiger partial charge is 0.497 e. The Morgan fingerprint density at radius 2 is 2.24 bits per heavy atom. The fraction of sp³-hybridized carbons (Fsp3) is 0.316. The van der Waals surface area contributed by atoms with Gasteiger partial charge in [0, 0.05) is 30.3 Å². The van der Waals surface area contributed by atoms with Gasteiger partial charge >= 0.3 is 5.97 Å². The summed E-state index contributed by atoms with van der Waals surface area (Å²) in [5.41, 5.74) is 1.62. The molecule has 132 valence electrons. The van der Waals surface area contributed by atoms with Gasteiger partial charge in [-0.2, -0.15) is 0 Å². The molecular formula is C19H20FNO3S. The molecule has 0 atom stereocenters. The second-order valence-corrected chi connectivity index (χ2v) is 6.87. The molecule has 1 aliphatic rings. The van der Waals surface area contributed by atoms with Crippen LogP contribution < -0.4 is 4.74 Å². The molecule has 0 aromatic heterocycles. The van der Waals surface area contributed by atoms with Crippen molar-refractivity contribution in [1.29, 1.82) is 0 Å². The van der Waals surface area contributed by atoms with Crippen molar-refractivity contribution in [2.45, 2.75) is 18.0 Å². The number of carbonyl (C=O) groups excluding carboxylic acids is 1. The van der Waals surface area contributed by atoms with Crippen molar-refractivity contribution in [3.8, 4) is 5.75 Å². The van der Waals surface area contributed by atoms with Crippen LogP contribution in [0.4, 0.5) is 4.39 Å². The van der Waals surface area contributed by atoms with Crippen molar-refractivity contribution < 1.29 is 22.8 Å². The van der Waals surface area contributed by atoms with Gasteiger partial charge in [-0.15, -0.1) is 11.8 Å². The van der Waals surface area contributed by atoms with Gasteiger partial charge in [-0.25, -0.2) is 9.18 Å². The predicted octanol–water partition coefficient (Wildman–Crippen LogP) is 3.73. The number of esters is 1. The Morgan fingerprint density at radius 1 is 1.36 bits per heavy atom. The zero-order valence-corrected chi connectivity index (χ0v) is 14.6. The second-order valence-electron chi connectivity index (χ2n) is 5.74. The van der Waals surface area contributed by atoms with E-state index in [0.717, 1.165) is 28.3 Å². The third-order valence-corrected chi connectivity index (χ3v) is 5.15. The molecular weight excluding hydrogens is 341 g/mol. The summed E-state index contributed by atoms with van der Waals surface area (Å²) in [6.45, 7) is 1.87. The van der Waals surface area contributed by atoms with E-state index in [4.69, 9.17) is 8.85 Å². The Bertz CT molecular complexity index is 876. The van der Waals surface area contributed by atoms with Gasteiger partial charge in [-0.1, -0.05) is 6.07 Å². The van der Waals surface area contributed by atoms with Crippen LogP contribution in [0, 0.1) is 5.82 Å². The first-order chi connectivity index (χ1) is 13.2. The first-order valence-corrected chi connectivity index (χ1v) is 8.77. The zero-order chi connectivity index (χ0) is 20.3. The summed E-state index contributed by atoms with van der Waals surface area (Å²) in [6, 6.07) is 9.76. The molecule has 0 unspecified atom stereocenters. The normalized spacial score (nSPS) is 16.8. The number of hydrogen-bond donors (Lipinski definition) is 0. The third kappa shape index (κ3) is 4.14. The number of ether oxygens (including phenoxy) is 2. The lowest BCUT2D eigenvalue weighted by molar-refractivity contribution is 0.0595. The Morgan fingerprint density at radius 3 is 3.00 bits per heavy atom. The Hall–Kier alpha value is -2.05. The van der Waals surface area contributed by atoms with Crippen LogP contribution in [-0.2, 0) is 17.8 Å². The van der Waals surface area contributed by atoms with Gasteiger partial charge < -0.3 is 9.47 Å². The third-order valence-electron chi connectivity index (χ3n) is 4.05. The van der Waals surface area contributed by atoms with E-state index < -0.39 is 18.8 Å². The first-order valence-electron chi connectivity index (χ1n) is 9.29.